The van der Waals surface area contributed by atoms with Gasteiger partial charge in [-0.3, -0.25) is 4.99 Å². The molecule has 0 aromatic heterocycles. The van der Waals surface area contributed by atoms with Gasteiger partial charge in [0.25, 0.3) is 0 Å². The number of nitrogens with one attached hydrogen (secondary N) is 1. The largest absolute Gasteiger partial charge is 0.481 e. The lowest BCUT2D eigenvalue weighted by atomic mass is 9.82. The highest BCUT2D eigenvalue weighted by Gasteiger charge is 2.53. The second-order valence-corrected chi connectivity index (χ2v) is 7.02. The summed E-state index contributed by atoms with van der Waals surface area (Å²) >= 11 is 0. The van der Waals surface area contributed by atoms with Crippen molar-refractivity contribution in [1.29, 1.82) is 0 Å². The standard InChI is InChI=1S/C20H25N3O2.HI/c1-3-10-24-17-7-5-4-6-14(17)11-22-20(21-2)23-12-15-16(13-23)19-9-8-18(15)25-19;/h1,4-7,15-16,18-19H,8-13H2,2H3,(H,21,22);1H. The van der Waals surface area contributed by atoms with Gasteiger partial charge < -0.3 is 19.7 Å². The zero-order valence-corrected chi connectivity index (χ0v) is 17.4. The first kappa shape index (κ1) is 19.3. The number of para-hydroxylation sites is 1. The number of ether oxygens (including phenoxy) is 2. The van der Waals surface area contributed by atoms with E-state index >= 15 is 0 Å². The summed E-state index contributed by atoms with van der Waals surface area (Å²) in [5.41, 5.74) is 1.08. The Bertz CT molecular complexity index is 685. The maximum absolute atomic E-state index is 6.06. The van der Waals surface area contributed by atoms with Crippen LogP contribution in [0.2, 0.25) is 0 Å². The fourth-order valence-corrected chi connectivity index (χ4v) is 4.55. The van der Waals surface area contributed by atoms with Crippen molar-refractivity contribution >= 4 is 29.9 Å². The van der Waals surface area contributed by atoms with Gasteiger partial charge in [-0.05, 0) is 18.9 Å². The number of hydrogen-bond acceptors (Lipinski definition) is 3. The molecule has 0 radical (unpaired) electrons. The molecule has 0 saturated carbocycles. The van der Waals surface area contributed by atoms with E-state index in [1.807, 2.05) is 25.2 Å². The summed E-state index contributed by atoms with van der Waals surface area (Å²) < 4.78 is 11.7. The summed E-state index contributed by atoms with van der Waals surface area (Å²) in [5, 5.41) is 3.49. The molecule has 0 aliphatic carbocycles. The van der Waals surface area contributed by atoms with E-state index < -0.39 is 0 Å². The van der Waals surface area contributed by atoms with E-state index in [2.05, 4.69) is 27.2 Å². The summed E-state index contributed by atoms with van der Waals surface area (Å²) in [6.07, 6.45) is 8.69. The quantitative estimate of drug-likeness (QED) is 0.320. The minimum Gasteiger partial charge on any atom is -0.481 e. The normalized spacial score (nSPS) is 29.1. The first-order valence-electron chi connectivity index (χ1n) is 9.05. The molecule has 3 aliphatic heterocycles. The zero-order valence-electron chi connectivity index (χ0n) is 15.1. The lowest BCUT2D eigenvalue weighted by Crippen LogP contribution is -2.41. The smallest absolute Gasteiger partial charge is 0.193 e. The molecule has 3 fully saturated rings. The summed E-state index contributed by atoms with van der Waals surface area (Å²) in [4.78, 5) is 6.88. The SMILES string of the molecule is C#CCOc1ccccc1CNC(=NC)N1CC2C3CCC(O3)C2C1.I. The number of rotatable bonds is 4. The van der Waals surface area contributed by atoms with Gasteiger partial charge in [-0.25, -0.2) is 0 Å². The molecular formula is C20H26IN3O2. The van der Waals surface area contributed by atoms with E-state index in [9.17, 15) is 0 Å². The van der Waals surface area contributed by atoms with Crippen LogP contribution in [0.3, 0.4) is 0 Å². The van der Waals surface area contributed by atoms with Crippen LogP contribution in [-0.2, 0) is 11.3 Å². The van der Waals surface area contributed by atoms with Crippen LogP contribution in [0.25, 0.3) is 0 Å². The number of halogens is 1. The fourth-order valence-electron chi connectivity index (χ4n) is 4.55. The molecule has 4 atom stereocenters. The monoisotopic (exact) mass is 467 g/mol. The summed E-state index contributed by atoms with van der Waals surface area (Å²) in [5.74, 6) is 5.64. The molecule has 1 aromatic rings. The van der Waals surface area contributed by atoms with Crippen molar-refractivity contribution in [1.82, 2.24) is 10.2 Å². The summed E-state index contributed by atoms with van der Waals surface area (Å²) in [6.45, 7) is 3.04. The number of fused-ring (bicyclic) bond motifs is 5. The first-order valence-corrected chi connectivity index (χ1v) is 9.05. The molecule has 0 amide bonds. The number of aliphatic imine (C=N–C) groups is 1. The predicted octanol–water partition coefficient (Wildman–Crippen LogP) is 2.50. The van der Waals surface area contributed by atoms with Crippen LogP contribution in [0, 0.1) is 24.2 Å². The molecule has 26 heavy (non-hydrogen) atoms. The van der Waals surface area contributed by atoms with Crippen molar-refractivity contribution in [2.45, 2.75) is 31.6 Å². The Morgan fingerprint density at radius 3 is 2.65 bits per heavy atom. The molecule has 1 N–H and O–H groups in total. The molecule has 4 rings (SSSR count). The minimum absolute atomic E-state index is 0. The Labute approximate surface area is 172 Å². The molecule has 5 nitrogen and oxygen atoms in total. The first-order chi connectivity index (χ1) is 12.3. The topological polar surface area (TPSA) is 46.1 Å². The molecule has 0 spiro atoms. The molecule has 2 bridgehead atoms. The Morgan fingerprint density at radius 1 is 1.31 bits per heavy atom. The molecule has 4 unspecified atom stereocenters. The number of benzene rings is 1. The van der Waals surface area contributed by atoms with Gasteiger partial charge >= 0.3 is 0 Å². The van der Waals surface area contributed by atoms with Crippen LogP contribution in [0.4, 0.5) is 0 Å². The highest BCUT2D eigenvalue weighted by Crippen LogP contribution is 2.47. The van der Waals surface area contributed by atoms with Crippen LogP contribution in [0.5, 0.6) is 5.75 Å². The lowest BCUT2D eigenvalue weighted by Gasteiger charge is -2.23. The van der Waals surface area contributed by atoms with Gasteiger partial charge in [-0.15, -0.1) is 30.4 Å². The van der Waals surface area contributed by atoms with Crippen molar-refractivity contribution in [2.24, 2.45) is 16.8 Å². The molecule has 1 aromatic carbocycles. The van der Waals surface area contributed by atoms with E-state index in [4.69, 9.17) is 15.9 Å². The summed E-state index contributed by atoms with van der Waals surface area (Å²) in [7, 11) is 1.85. The van der Waals surface area contributed by atoms with Gasteiger partial charge in [0.05, 0.1) is 12.2 Å². The van der Waals surface area contributed by atoms with E-state index in [0.717, 1.165) is 30.4 Å². The zero-order chi connectivity index (χ0) is 17.2. The predicted molar refractivity (Wildman–Crippen MR) is 113 cm³/mol. The number of nitrogens with zero attached hydrogens (tertiary/aromatic N) is 2. The van der Waals surface area contributed by atoms with Crippen LogP contribution < -0.4 is 10.1 Å². The molecule has 3 heterocycles. The Kier molecular flexibility index (Phi) is 6.30. The Morgan fingerprint density at radius 2 is 2.00 bits per heavy atom. The van der Waals surface area contributed by atoms with Gasteiger partial charge in [0.1, 0.15) is 12.4 Å². The van der Waals surface area contributed by atoms with Gasteiger partial charge in [-0.1, -0.05) is 24.1 Å². The third-order valence-corrected chi connectivity index (χ3v) is 5.68. The van der Waals surface area contributed by atoms with Crippen LogP contribution >= 0.6 is 24.0 Å². The van der Waals surface area contributed by atoms with Crippen LogP contribution in [-0.4, -0.2) is 49.8 Å². The average molecular weight is 467 g/mol. The number of guanidine groups is 1. The number of likely N-dealkylation sites (tertiary alicyclic amines) is 1. The van der Waals surface area contributed by atoms with Crippen molar-refractivity contribution in [3.63, 3.8) is 0 Å². The number of hydrogen-bond donors (Lipinski definition) is 1. The Hall–Kier alpha value is -1.46. The van der Waals surface area contributed by atoms with Gasteiger partial charge in [0.2, 0.25) is 0 Å². The van der Waals surface area contributed by atoms with E-state index in [1.54, 1.807) is 0 Å². The van der Waals surface area contributed by atoms with Crippen LogP contribution in [0.15, 0.2) is 29.3 Å². The molecule has 140 valence electrons. The molecule has 3 aliphatic rings. The third-order valence-electron chi connectivity index (χ3n) is 5.68. The van der Waals surface area contributed by atoms with E-state index in [-0.39, 0.29) is 30.6 Å². The maximum atomic E-state index is 6.06. The van der Waals surface area contributed by atoms with E-state index in [1.165, 1.54) is 12.8 Å². The highest BCUT2D eigenvalue weighted by molar-refractivity contribution is 14.0. The Balaban J connectivity index is 0.00000196. The third kappa shape index (κ3) is 3.65. The van der Waals surface area contributed by atoms with Crippen molar-refractivity contribution in [2.75, 3.05) is 26.7 Å². The van der Waals surface area contributed by atoms with Gasteiger partial charge in [0.15, 0.2) is 5.96 Å². The molecular weight excluding hydrogens is 441 g/mol. The molecule has 3 saturated heterocycles. The second kappa shape index (κ2) is 8.49. The van der Waals surface area contributed by atoms with E-state index in [0.29, 0.717) is 30.6 Å². The van der Waals surface area contributed by atoms with Crippen molar-refractivity contribution in [3.05, 3.63) is 29.8 Å². The van der Waals surface area contributed by atoms with Crippen LogP contribution in [0.1, 0.15) is 18.4 Å². The summed E-state index contributed by atoms with van der Waals surface area (Å²) in [6, 6.07) is 7.98. The maximum Gasteiger partial charge on any atom is 0.193 e. The van der Waals surface area contributed by atoms with Crippen molar-refractivity contribution < 1.29 is 9.47 Å². The second-order valence-electron chi connectivity index (χ2n) is 7.02. The minimum atomic E-state index is 0. The lowest BCUT2D eigenvalue weighted by molar-refractivity contribution is 0.0767. The highest BCUT2D eigenvalue weighted by atomic mass is 127. The van der Waals surface area contributed by atoms with Crippen molar-refractivity contribution in [3.8, 4) is 18.1 Å². The molecule has 6 heteroatoms. The fraction of sp³-hybridized carbons (Fsp3) is 0.550. The van der Waals surface area contributed by atoms with Gasteiger partial charge in [-0.2, -0.15) is 0 Å². The number of terminal acetylenes is 1. The average Bonchev–Trinajstić information content (AvgIpc) is 3.34. The van der Waals surface area contributed by atoms with Gasteiger partial charge in [0, 0.05) is 44.1 Å².